The lowest BCUT2D eigenvalue weighted by molar-refractivity contribution is 0.169. The maximum absolute atomic E-state index is 6.05. The van der Waals surface area contributed by atoms with Crippen LogP contribution in [0, 0.1) is 0 Å². The molecule has 27 heavy (non-hydrogen) atoms. The van der Waals surface area contributed by atoms with Gasteiger partial charge in [0.1, 0.15) is 6.26 Å². The topological polar surface area (TPSA) is 56.9 Å². The molecule has 1 aliphatic rings. The maximum atomic E-state index is 6.05. The quantitative estimate of drug-likeness (QED) is 0.373. The predicted octanol–water partition coefficient (Wildman–Crippen LogP) is 3.27. The van der Waals surface area contributed by atoms with Crippen LogP contribution >= 0.6 is 35.6 Å². The number of piperazine rings is 1. The molecule has 1 saturated heterocycles. The number of nitrogens with one attached hydrogen (secondary N) is 1. The maximum Gasteiger partial charge on any atom is 0.194 e. The summed E-state index contributed by atoms with van der Waals surface area (Å²) in [5.41, 5.74) is 2.20. The first-order valence-electron chi connectivity index (χ1n) is 9.14. The third-order valence-corrected chi connectivity index (χ3v) is 4.67. The Morgan fingerprint density at radius 2 is 2.07 bits per heavy atom. The van der Waals surface area contributed by atoms with E-state index in [1.165, 1.54) is 5.56 Å². The molecule has 3 rings (SSSR count). The smallest absolute Gasteiger partial charge is 0.194 e. The van der Waals surface area contributed by atoms with Gasteiger partial charge in [0.15, 0.2) is 5.96 Å². The summed E-state index contributed by atoms with van der Waals surface area (Å²) in [7, 11) is 0. The summed E-state index contributed by atoms with van der Waals surface area (Å²) in [5.74, 6) is 0.996. The second-order valence-corrected chi connectivity index (χ2v) is 6.81. The second kappa shape index (κ2) is 11.5. The molecule has 0 saturated carbocycles. The van der Waals surface area contributed by atoms with Crippen molar-refractivity contribution in [3.63, 3.8) is 0 Å². The standard InChI is InChI=1S/C19H26ClN5O.HI/c1-2-21-19(22-8-6-16-4-3-5-17(20)14-16)25-11-9-24(10-12-25)15-18-7-13-26-23-18;/h3-5,7,13-14H,2,6,8-12,15H2,1H3,(H,21,22);1H. The normalized spacial score (nSPS) is 15.5. The van der Waals surface area contributed by atoms with Gasteiger partial charge in [0.2, 0.25) is 0 Å². The Morgan fingerprint density at radius 3 is 2.74 bits per heavy atom. The summed E-state index contributed by atoms with van der Waals surface area (Å²) in [6.45, 7) is 8.47. The van der Waals surface area contributed by atoms with Gasteiger partial charge >= 0.3 is 0 Å². The number of hydrogen-bond acceptors (Lipinski definition) is 4. The van der Waals surface area contributed by atoms with Crippen LogP contribution in [0.3, 0.4) is 0 Å². The van der Waals surface area contributed by atoms with Crippen LogP contribution in [0.25, 0.3) is 0 Å². The van der Waals surface area contributed by atoms with Gasteiger partial charge in [0.05, 0.1) is 5.69 Å². The van der Waals surface area contributed by atoms with Crippen LogP contribution < -0.4 is 5.32 Å². The van der Waals surface area contributed by atoms with Crippen molar-refractivity contribution < 1.29 is 4.52 Å². The van der Waals surface area contributed by atoms with E-state index in [2.05, 4.69) is 33.3 Å². The van der Waals surface area contributed by atoms with Crippen LogP contribution in [-0.4, -0.2) is 60.2 Å². The van der Waals surface area contributed by atoms with E-state index in [4.69, 9.17) is 21.1 Å². The highest BCUT2D eigenvalue weighted by Crippen LogP contribution is 2.11. The largest absolute Gasteiger partial charge is 0.364 e. The molecule has 0 spiro atoms. The van der Waals surface area contributed by atoms with Crippen molar-refractivity contribution in [2.75, 3.05) is 39.3 Å². The Morgan fingerprint density at radius 1 is 1.26 bits per heavy atom. The number of halogens is 2. The molecular weight excluding hydrogens is 477 g/mol. The Labute approximate surface area is 183 Å². The summed E-state index contributed by atoms with van der Waals surface area (Å²) < 4.78 is 4.91. The first-order chi connectivity index (χ1) is 12.7. The van der Waals surface area contributed by atoms with Crippen molar-refractivity contribution in [3.8, 4) is 0 Å². The summed E-state index contributed by atoms with van der Waals surface area (Å²) in [4.78, 5) is 9.53. The zero-order chi connectivity index (χ0) is 18.2. The molecule has 1 aromatic heterocycles. The van der Waals surface area contributed by atoms with Crippen molar-refractivity contribution in [3.05, 3.63) is 52.9 Å². The number of rotatable bonds is 6. The number of aliphatic imine (C=N–C) groups is 1. The zero-order valence-corrected chi connectivity index (χ0v) is 18.7. The average Bonchev–Trinajstić information content (AvgIpc) is 3.15. The summed E-state index contributed by atoms with van der Waals surface area (Å²) in [5, 5.41) is 8.19. The van der Waals surface area contributed by atoms with Crippen LogP contribution in [0.4, 0.5) is 0 Å². The van der Waals surface area contributed by atoms with Gasteiger partial charge < -0.3 is 14.7 Å². The van der Waals surface area contributed by atoms with E-state index in [9.17, 15) is 0 Å². The minimum absolute atomic E-state index is 0. The average molecular weight is 504 g/mol. The van der Waals surface area contributed by atoms with Crippen molar-refractivity contribution in [2.45, 2.75) is 19.9 Å². The minimum atomic E-state index is 0. The highest BCUT2D eigenvalue weighted by Gasteiger charge is 2.20. The van der Waals surface area contributed by atoms with Crippen LogP contribution in [0.1, 0.15) is 18.2 Å². The molecule has 0 atom stereocenters. The number of nitrogens with zero attached hydrogens (tertiary/aromatic N) is 4. The fourth-order valence-corrected chi connectivity index (χ4v) is 3.29. The van der Waals surface area contributed by atoms with Gasteiger partial charge in [-0.1, -0.05) is 28.9 Å². The third kappa shape index (κ3) is 6.97. The van der Waals surface area contributed by atoms with Gasteiger partial charge in [-0.3, -0.25) is 9.89 Å². The molecule has 148 valence electrons. The van der Waals surface area contributed by atoms with Crippen LogP contribution in [-0.2, 0) is 13.0 Å². The molecule has 0 unspecified atom stereocenters. The molecular formula is C19H27ClIN5O. The van der Waals surface area contributed by atoms with Crippen LogP contribution in [0.5, 0.6) is 0 Å². The van der Waals surface area contributed by atoms with Crippen LogP contribution in [0.15, 0.2) is 46.1 Å². The van der Waals surface area contributed by atoms with Gasteiger partial charge in [-0.25, -0.2) is 0 Å². The number of hydrogen-bond donors (Lipinski definition) is 1. The molecule has 0 bridgehead atoms. The summed E-state index contributed by atoms with van der Waals surface area (Å²) in [6.07, 6.45) is 2.52. The van der Waals surface area contributed by atoms with E-state index >= 15 is 0 Å². The Bertz CT molecular complexity index is 702. The summed E-state index contributed by atoms with van der Waals surface area (Å²) >= 11 is 6.05. The predicted molar refractivity (Wildman–Crippen MR) is 120 cm³/mol. The van der Waals surface area contributed by atoms with E-state index < -0.39 is 0 Å². The van der Waals surface area contributed by atoms with Crippen molar-refractivity contribution in [2.24, 2.45) is 4.99 Å². The number of guanidine groups is 1. The molecule has 2 aromatic rings. The highest BCUT2D eigenvalue weighted by molar-refractivity contribution is 14.0. The first kappa shape index (κ1) is 22.0. The molecule has 0 radical (unpaired) electrons. The van der Waals surface area contributed by atoms with Crippen molar-refractivity contribution in [1.82, 2.24) is 20.3 Å². The van der Waals surface area contributed by atoms with Gasteiger partial charge in [0, 0.05) is 56.9 Å². The Hall–Kier alpha value is -1.32. The van der Waals surface area contributed by atoms with Gasteiger partial charge in [-0.2, -0.15) is 0 Å². The molecule has 2 heterocycles. The van der Waals surface area contributed by atoms with Gasteiger partial charge in [0.25, 0.3) is 0 Å². The Balaban J connectivity index is 0.00000261. The highest BCUT2D eigenvalue weighted by atomic mass is 127. The molecule has 6 nitrogen and oxygen atoms in total. The number of aromatic nitrogens is 1. The van der Waals surface area contributed by atoms with E-state index in [-0.39, 0.29) is 24.0 Å². The molecule has 0 amide bonds. The monoisotopic (exact) mass is 503 g/mol. The third-order valence-electron chi connectivity index (χ3n) is 4.43. The SMILES string of the molecule is CCNC(=NCCc1cccc(Cl)c1)N1CCN(Cc2ccon2)CC1.I. The molecule has 1 aromatic carbocycles. The van der Waals surface area contributed by atoms with E-state index in [1.54, 1.807) is 6.26 Å². The van der Waals surface area contributed by atoms with Gasteiger partial charge in [-0.05, 0) is 31.0 Å². The lowest BCUT2D eigenvalue weighted by Crippen LogP contribution is -2.52. The van der Waals surface area contributed by atoms with Gasteiger partial charge in [-0.15, -0.1) is 24.0 Å². The summed E-state index contributed by atoms with van der Waals surface area (Å²) in [6, 6.07) is 9.91. The van der Waals surface area contributed by atoms with Crippen molar-refractivity contribution >= 4 is 41.5 Å². The van der Waals surface area contributed by atoms with E-state index in [0.717, 1.165) is 68.9 Å². The molecule has 1 fully saturated rings. The lowest BCUT2D eigenvalue weighted by Gasteiger charge is -2.36. The zero-order valence-electron chi connectivity index (χ0n) is 15.6. The lowest BCUT2D eigenvalue weighted by atomic mass is 10.1. The fourth-order valence-electron chi connectivity index (χ4n) is 3.08. The molecule has 1 aliphatic heterocycles. The minimum Gasteiger partial charge on any atom is -0.364 e. The number of benzene rings is 1. The van der Waals surface area contributed by atoms with Crippen LogP contribution in [0.2, 0.25) is 5.02 Å². The second-order valence-electron chi connectivity index (χ2n) is 6.37. The van der Waals surface area contributed by atoms with Crippen molar-refractivity contribution in [1.29, 1.82) is 0 Å². The molecule has 0 aliphatic carbocycles. The van der Waals surface area contributed by atoms with E-state index in [1.807, 2.05) is 24.3 Å². The Kier molecular flexibility index (Phi) is 9.36. The fraction of sp³-hybridized carbons (Fsp3) is 0.474. The molecule has 1 N–H and O–H groups in total. The first-order valence-corrected chi connectivity index (χ1v) is 9.51. The van der Waals surface area contributed by atoms with E-state index in [0.29, 0.717) is 0 Å². The molecule has 8 heteroatoms.